The van der Waals surface area contributed by atoms with Gasteiger partial charge in [-0.3, -0.25) is 0 Å². The van der Waals surface area contributed by atoms with E-state index in [9.17, 15) is 22.8 Å². The van der Waals surface area contributed by atoms with Crippen LogP contribution in [0.15, 0.2) is 47.7 Å². The van der Waals surface area contributed by atoms with E-state index in [-0.39, 0.29) is 5.57 Å². The zero-order valence-electron chi connectivity index (χ0n) is 14.3. The molecule has 0 fully saturated rings. The highest BCUT2D eigenvalue weighted by Crippen LogP contribution is 2.37. The first-order valence-corrected chi connectivity index (χ1v) is 8.66. The van der Waals surface area contributed by atoms with Gasteiger partial charge in [-0.05, 0) is 36.8 Å². The molecule has 1 aliphatic rings. The van der Waals surface area contributed by atoms with Crippen LogP contribution in [0.25, 0.3) is 10.4 Å². The van der Waals surface area contributed by atoms with E-state index >= 15 is 0 Å². The van der Waals surface area contributed by atoms with Crippen molar-refractivity contribution in [3.63, 3.8) is 0 Å². The average Bonchev–Trinajstić information content (AvgIpc) is 3.10. The topological polar surface area (TPSA) is 67.4 Å². The molecule has 9 heteroatoms. The zero-order chi connectivity index (χ0) is 19.8. The third-order valence-electron chi connectivity index (χ3n) is 4.08. The van der Waals surface area contributed by atoms with Crippen molar-refractivity contribution < 1.29 is 27.5 Å². The van der Waals surface area contributed by atoms with E-state index in [4.69, 9.17) is 4.74 Å². The summed E-state index contributed by atoms with van der Waals surface area (Å²) in [4.78, 5) is 25.3. The van der Waals surface area contributed by atoms with E-state index in [1.54, 1.807) is 19.1 Å². The molecule has 0 radical (unpaired) electrons. The maximum atomic E-state index is 12.7. The number of benzene rings is 1. The summed E-state index contributed by atoms with van der Waals surface area (Å²) in [6, 6.07) is 7.14. The van der Waals surface area contributed by atoms with Crippen LogP contribution in [0.4, 0.5) is 18.0 Å². The summed E-state index contributed by atoms with van der Waals surface area (Å²) in [7, 11) is 1.25. The molecule has 0 bridgehead atoms. The molecule has 5 nitrogen and oxygen atoms in total. The van der Waals surface area contributed by atoms with Crippen LogP contribution in [0, 0.1) is 0 Å². The number of carbonyl (C=O) groups excluding carboxylic acids is 2. The lowest BCUT2D eigenvalue weighted by atomic mass is 10.0. The highest BCUT2D eigenvalue weighted by Gasteiger charge is 2.33. The van der Waals surface area contributed by atoms with Crippen molar-refractivity contribution in [3.8, 4) is 10.4 Å². The Bertz CT molecular complexity index is 917. The van der Waals surface area contributed by atoms with Crippen LogP contribution in [0.5, 0.6) is 0 Å². The Kier molecular flexibility index (Phi) is 4.97. The maximum Gasteiger partial charge on any atom is 0.416 e. The molecule has 0 spiro atoms. The number of hydrogen-bond donors (Lipinski definition) is 2. The van der Waals surface area contributed by atoms with Crippen molar-refractivity contribution in [1.29, 1.82) is 0 Å². The fraction of sp³-hybridized carbons (Fsp3) is 0.222. The molecule has 1 aromatic heterocycles. The number of rotatable bonds is 3. The predicted molar refractivity (Wildman–Crippen MR) is 93.9 cm³/mol. The largest absolute Gasteiger partial charge is 0.466 e. The number of amides is 2. The highest BCUT2D eigenvalue weighted by atomic mass is 32.1. The highest BCUT2D eigenvalue weighted by molar-refractivity contribution is 7.15. The molecule has 2 heterocycles. The molecule has 0 aliphatic carbocycles. The molecule has 1 aromatic carbocycles. The third kappa shape index (κ3) is 3.82. The number of alkyl halides is 3. The molecule has 2 amide bonds. The molecule has 2 aromatic rings. The molecule has 27 heavy (non-hydrogen) atoms. The number of carbonyl (C=O) groups is 2. The van der Waals surface area contributed by atoms with Gasteiger partial charge < -0.3 is 15.4 Å². The summed E-state index contributed by atoms with van der Waals surface area (Å²) in [5, 5.41) is 5.21. The van der Waals surface area contributed by atoms with Crippen molar-refractivity contribution in [2.45, 2.75) is 19.1 Å². The van der Waals surface area contributed by atoms with Crippen molar-refractivity contribution in [2.75, 3.05) is 7.11 Å². The Labute approximate surface area is 156 Å². The monoisotopic (exact) mass is 396 g/mol. The Hall–Kier alpha value is -2.81. The molecular weight excluding hydrogens is 381 g/mol. The van der Waals surface area contributed by atoms with Gasteiger partial charge in [-0.25, -0.2) is 9.59 Å². The third-order valence-corrected chi connectivity index (χ3v) is 5.28. The molecule has 0 saturated carbocycles. The van der Waals surface area contributed by atoms with E-state index in [1.807, 2.05) is 0 Å². The zero-order valence-corrected chi connectivity index (χ0v) is 15.1. The molecule has 142 valence electrons. The summed E-state index contributed by atoms with van der Waals surface area (Å²) >= 11 is 1.28. The number of hydrogen-bond acceptors (Lipinski definition) is 4. The number of urea groups is 1. The maximum absolute atomic E-state index is 12.7. The number of ether oxygens (including phenoxy) is 1. The van der Waals surface area contributed by atoms with Gasteiger partial charge in [-0.15, -0.1) is 11.3 Å². The fourth-order valence-electron chi connectivity index (χ4n) is 2.77. The summed E-state index contributed by atoms with van der Waals surface area (Å²) < 4.78 is 42.9. The minimum absolute atomic E-state index is 0.276. The number of nitrogens with one attached hydrogen (secondary N) is 2. The summed E-state index contributed by atoms with van der Waals surface area (Å²) in [6.45, 7) is 1.60. The smallest absolute Gasteiger partial charge is 0.416 e. The minimum Gasteiger partial charge on any atom is -0.466 e. The van der Waals surface area contributed by atoms with E-state index < -0.39 is 29.8 Å². The van der Waals surface area contributed by atoms with E-state index in [2.05, 4.69) is 10.6 Å². The number of esters is 1. The molecule has 3 rings (SSSR count). The van der Waals surface area contributed by atoms with Crippen LogP contribution < -0.4 is 10.6 Å². The number of thiophene rings is 1. The van der Waals surface area contributed by atoms with Crippen LogP contribution >= 0.6 is 11.3 Å². The first-order chi connectivity index (χ1) is 12.7. The van der Waals surface area contributed by atoms with Crippen LogP contribution in [-0.2, 0) is 15.7 Å². The SMILES string of the molecule is COC(=O)C1=C(C)NC(=O)NC1c1ccc(-c2ccc(C(F)(F)F)cc2)s1. The number of allylic oxidation sites excluding steroid dienone is 1. The summed E-state index contributed by atoms with van der Waals surface area (Å²) in [5.74, 6) is -0.575. The van der Waals surface area contributed by atoms with Gasteiger partial charge in [0.25, 0.3) is 0 Å². The lowest BCUT2D eigenvalue weighted by Crippen LogP contribution is -2.45. The quantitative estimate of drug-likeness (QED) is 0.763. The predicted octanol–water partition coefficient (Wildman–Crippen LogP) is 4.23. The number of methoxy groups -OCH3 is 1. The van der Waals surface area contributed by atoms with Gasteiger partial charge in [0, 0.05) is 15.5 Å². The Balaban J connectivity index is 1.93. The van der Waals surface area contributed by atoms with Crippen molar-refractivity contribution in [2.24, 2.45) is 0 Å². The van der Waals surface area contributed by atoms with Crippen LogP contribution in [0.2, 0.25) is 0 Å². The molecule has 2 N–H and O–H groups in total. The van der Waals surface area contributed by atoms with Crippen molar-refractivity contribution in [3.05, 3.63) is 58.1 Å². The van der Waals surface area contributed by atoms with Gasteiger partial charge in [0.15, 0.2) is 0 Å². The lowest BCUT2D eigenvalue weighted by Gasteiger charge is -2.26. The van der Waals surface area contributed by atoms with Gasteiger partial charge in [0.1, 0.15) is 0 Å². The average molecular weight is 396 g/mol. The normalized spacial score (nSPS) is 17.4. The van der Waals surface area contributed by atoms with Crippen molar-refractivity contribution >= 4 is 23.3 Å². The second-order valence-electron chi connectivity index (χ2n) is 5.84. The first kappa shape index (κ1) is 19.0. The molecule has 1 atom stereocenters. The van der Waals surface area contributed by atoms with E-state index in [0.29, 0.717) is 21.0 Å². The second-order valence-corrected chi connectivity index (χ2v) is 6.95. The summed E-state index contributed by atoms with van der Waals surface area (Å²) in [5.41, 5.74) is 0.554. The fourth-order valence-corrected chi connectivity index (χ4v) is 3.85. The van der Waals surface area contributed by atoms with Gasteiger partial charge in [-0.1, -0.05) is 12.1 Å². The Morgan fingerprint density at radius 2 is 1.81 bits per heavy atom. The van der Waals surface area contributed by atoms with Crippen molar-refractivity contribution in [1.82, 2.24) is 10.6 Å². The van der Waals surface area contributed by atoms with E-state index in [1.165, 1.54) is 30.6 Å². The molecule has 1 aliphatic heterocycles. The van der Waals surface area contributed by atoms with Crippen LogP contribution in [-0.4, -0.2) is 19.1 Å². The van der Waals surface area contributed by atoms with E-state index in [0.717, 1.165) is 12.1 Å². The minimum atomic E-state index is -4.39. The van der Waals surface area contributed by atoms with Gasteiger partial charge >= 0.3 is 18.2 Å². The standard InChI is InChI=1S/C18H15F3N2O3S/c1-9-14(16(24)26-2)15(23-17(25)22-9)13-8-7-12(27-13)10-3-5-11(6-4-10)18(19,20)21/h3-8,15H,1-2H3,(H2,22,23,25). The van der Waals surface area contributed by atoms with Gasteiger partial charge in [-0.2, -0.15) is 13.2 Å². The van der Waals surface area contributed by atoms with Crippen LogP contribution in [0.1, 0.15) is 23.4 Å². The summed E-state index contributed by atoms with van der Waals surface area (Å²) in [6.07, 6.45) is -4.39. The Morgan fingerprint density at radius 3 is 2.41 bits per heavy atom. The van der Waals surface area contributed by atoms with Gasteiger partial charge in [0.2, 0.25) is 0 Å². The van der Waals surface area contributed by atoms with Crippen LogP contribution in [0.3, 0.4) is 0 Å². The van der Waals surface area contributed by atoms with Gasteiger partial charge in [0.05, 0.1) is 24.3 Å². The number of halogens is 3. The Morgan fingerprint density at radius 1 is 1.15 bits per heavy atom. The molecule has 0 saturated heterocycles. The molecular formula is C18H15F3N2O3S. The first-order valence-electron chi connectivity index (χ1n) is 7.84. The second kappa shape index (κ2) is 7.07. The molecule has 1 unspecified atom stereocenters. The lowest BCUT2D eigenvalue weighted by molar-refractivity contribution is -0.138.